The van der Waals surface area contributed by atoms with Gasteiger partial charge in [0.15, 0.2) is 0 Å². The van der Waals surface area contributed by atoms with E-state index in [2.05, 4.69) is 15.3 Å². The Morgan fingerprint density at radius 1 is 1.31 bits per heavy atom. The lowest BCUT2D eigenvalue weighted by Gasteiger charge is -2.11. The average molecular weight is 218 g/mol. The Hall–Kier alpha value is -1.75. The number of hydrogen-bond donors (Lipinski definition) is 1. The molecule has 0 aliphatic rings. The molecule has 0 aliphatic heterocycles. The molecule has 5 heteroatoms. The van der Waals surface area contributed by atoms with Crippen LogP contribution in [0.3, 0.4) is 0 Å². The molecule has 0 aromatic carbocycles. The molecule has 0 saturated heterocycles. The van der Waals surface area contributed by atoms with E-state index < -0.39 is 5.60 Å². The third-order valence-electron chi connectivity index (χ3n) is 2.26. The molecule has 84 valence electrons. The van der Waals surface area contributed by atoms with Gasteiger partial charge in [-0.3, -0.25) is 4.98 Å². The maximum atomic E-state index is 9.74. The lowest BCUT2D eigenvalue weighted by atomic mass is 10.1. The van der Waals surface area contributed by atoms with Crippen LogP contribution in [0.2, 0.25) is 0 Å². The molecular formula is C11H14N4O. The second-order valence-corrected chi connectivity index (χ2v) is 4.22. The van der Waals surface area contributed by atoms with Crippen molar-refractivity contribution in [3.05, 3.63) is 42.0 Å². The van der Waals surface area contributed by atoms with Gasteiger partial charge < -0.3 is 5.11 Å². The van der Waals surface area contributed by atoms with Gasteiger partial charge in [0.25, 0.3) is 0 Å². The van der Waals surface area contributed by atoms with Gasteiger partial charge in [0.2, 0.25) is 0 Å². The minimum atomic E-state index is -0.948. The standard InChI is InChI=1S/C11H14N4O/c1-11(2,16)10-8-15(14-13-10)7-9-3-5-12-6-4-9/h3-6,8,16H,7H2,1-2H3. The Bertz CT molecular complexity index is 458. The summed E-state index contributed by atoms with van der Waals surface area (Å²) in [5, 5.41) is 17.6. The van der Waals surface area contributed by atoms with Crippen molar-refractivity contribution in [3.63, 3.8) is 0 Å². The molecule has 0 spiro atoms. The molecule has 2 aromatic rings. The lowest BCUT2D eigenvalue weighted by molar-refractivity contribution is 0.0737. The highest BCUT2D eigenvalue weighted by molar-refractivity contribution is 5.11. The molecule has 1 N–H and O–H groups in total. The van der Waals surface area contributed by atoms with Gasteiger partial charge in [-0.25, -0.2) is 4.68 Å². The van der Waals surface area contributed by atoms with E-state index >= 15 is 0 Å². The lowest BCUT2D eigenvalue weighted by Crippen LogP contribution is -2.15. The summed E-state index contributed by atoms with van der Waals surface area (Å²) in [7, 11) is 0. The molecule has 0 atom stereocenters. The topological polar surface area (TPSA) is 63.8 Å². The first-order valence-electron chi connectivity index (χ1n) is 5.07. The zero-order valence-corrected chi connectivity index (χ0v) is 9.33. The summed E-state index contributed by atoms with van der Waals surface area (Å²) < 4.78 is 1.70. The molecule has 0 aliphatic carbocycles. The Balaban J connectivity index is 2.15. The second kappa shape index (κ2) is 4.02. The monoisotopic (exact) mass is 218 g/mol. The first-order valence-corrected chi connectivity index (χ1v) is 5.07. The Morgan fingerprint density at radius 2 is 2.00 bits per heavy atom. The summed E-state index contributed by atoms with van der Waals surface area (Å²) in [6, 6.07) is 3.84. The maximum Gasteiger partial charge on any atom is 0.114 e. The van der Waals surface area contributed by atoms with E-state index in [0.29, 0.717) is 12.2 Å². The summed E-state index contributed by atoms with van der Waals surface area (Å²) in [6.45, 7) is 4.01. The van der Waals surface area contributed by atoms with Gasteiger partial charge in [-0.1, -0.05) is 5.21 Å². The fourth-order valence-corrected chi connectivity index (χ4v) is 1.33. The Labute approximate surface area is 93.8 Å². The summed E-state index contributed by atoms with van der Waals surface area (Å²) in [5.74, 6) is 0. The molecule has 0 unspecified atom stereocenters. The molecule has 2 rings (SSSR count). The van der Waals surface area contributed by atoms with Crippen LogP contribution in [0.25, 0.3) is 0 Å². The van der Waals surface area contributed by atoms with Crippen LogP contribution >= 0.6 is 0 Å². The largest absolute Gasteiger partial charge is 0.384 e. The number of hydrogen-bond acceptors (Lipinski definition) is 4. The van der Waals surface area contributed by atoms with Gasteiger partial charge in [0.1, 0.15) is 11.3 Å². The summed E-state index contributed by atoms with van der Waals surface area (Å²) >= 11 is 0. The van der Waals surface area contributed by atoms with Crippen LogP contribution < -0.4 is 0 Å². The van der Waals surface area contributed by atoms with Crippen molar-refractivity contribution in [1.82, 2.24) is 20.0 Å². The predicted molar refractivity (Wildman–Crippen MR) is 58.6 cm³/mol. The Kier molecular flexibility index (Phi) is 2.70. The van der Waals surface area contributed by atoms with Gasteiger partial charge in [-0.05, 0) is 31.5 Å². The Morgan fingerprint density at radius 3 is 2.56 bits per heavy atom. The van der Waals surface area contributed by atoms with Crippen molar-refractivity contribution in [1.29, 1.82) is 0 Å². The molecule has 2 heterocycles. The fourth-order valence-electron chi connectivity index (χ4n) is 1.33. The van der Waals surface area contributed by atoms with Crippen molar-refractivity contribution in [2.45, 2.75) is 26.0 Å². The van der Waals surface area contributed by atoms with E-state index in [0.717, 1.165) is 5.56 Å². The van der Waals surface area contributed by atoms with E-state index in [4.69, 9.17) is 0 Å². The van der Waals surface area contributed by atoms with E-state index in [-0.39, 0.29) is 0 Å². The van der Waals surface area contributed by atoms with E-state index in [1.165, 1.54) is 0 Å². The molecule has 0 bridgehead atoms. The van der Waals surface area contributed by atoms with E-state index in [1.807, 2.05) is 12.1 Å². The van der Waals surface area contributed by atoms with E-state index in [1.54, 1.807) is 37.1 Å². The van der Waals surface area contributed by atoms with Crippen LogP contribution in [-0.4, -0.2) is 25.1 Å². The van der Waals surface area contributed by atoms with Crippen LogP contribution in [0.15, 0.2) is 30.7 Å². The summed E-state index contributed by atoms with van der Waals surface area (Å²) in [5.41, 5.74) is 0.722. The molecule has 0 fully saturated rings. The third kappa shape index (κ3) is 2.43. The first-order chi connectivity index (χ1) is 7.55. The van der Waals surface area contributed by atoms with Gasteiger partial charge in [-0.15, -0.1) is 5.10 Å². The normalized spacial score (nSPS) is 11.7. The van der Waals surface area contributed by atoms with Crippen LogP contribution in [0.4, 0.5) is 0 Å². The quantitative estimate of drug-likeness (QED) is 0.833. The fraction of sp³-hybridized carbons (Fsp3) is 0.364. The van der Waals surface area contributed by atoms with Crippen LogP contribution in [-0.2, 0) is 12.1 Å². The SMILES string of the molecule is CC(C)(O)c1cn(Cc2ccncc2)nn1. The minimum absolute atomic E-state index is 0.571. The molecule has 0 radical (unpaired) electrons. The number of aromatic nitrogens is 4. The summed E-state index contributed by atoms with van der Waals surface area (Å²) in [6.07, 6.45) is 5.23. The zero-order valence-electron chi connectivity index (χ0n) is 9.33. The van der Waals surface area contributed by atoms with E-state index in [9.17, 15) is 5.11 Å². The van der Waals surface area contributed by atoms with Gasteiger partial charge in [0.05, 0.1) is 12.7 Å². The smallest absolute Gasteiger partial charge is 0.114 e. The number of nitrogens with zero attached hydrogens (tertiary/aromatic N) is 4. The molecule has 0 amide bonds. The molecule has 5 nitrogen and oxygen atoms in total. The average Bonchev–Trinajstić information content (AvgIpc) is 2.67. The number of aliphatic hydroxyl groups is 1. The van der Waals surface area contributed by atoms with Crippen LogP contribution in [0, 0.1) is 0 Å². The second-order valence-electron chi connectivity index (χ2n) is 4.22. The summed E-state index contributed by atoms with van der Waals surface area (Å²) in [4.78, 5) is 3.95. The molecule has 16 heavy (non-hydrogen) atoms. The van der Waals surface area contributed by atoms with Crippen LogP contribution in [0.5, 0.6) is 0 Å². The van der Waals surface area contributed by atoms with Crippen molar-refractivity contribution in [2.24, 2.45) is 0 Å². The van der Waals surface area contributed by atoms with Crippen molar-refractivity contribution in [3.8, 4) is 0 Å². The van der Waals surface area contributed by atoms with Gasteiger partial charge in [0, 0.05) is 12.4 Å². The highest BCUT2D eigenvalue weighted by Gasteiger charge is 2.19. The van der Waals surface area contributed by atoms with Crippen molar-refractivity contribution >= 4 is 0 Å². The molecular weight excluding hydrogens is 204 g/mol. The molecule has 0 saturated carbocycles. The van der Waals surface area contributed by atoms with Gasteiger partial charge >= 0.3 is 0 Å². The molecule has 2 aromatic heterocycles. The third-order valence-corrected chi connectivity index (χ3v) is 2.26. The maximum absolute atomic E-state index is 9.74. The minimum Gasteiger partial charge on any atom is -0.384 e. The van der Waals surface area contributed by atoms with Crippen molar-refractivity contribution < 1.29 is 5.11 Å². The highest BCUT2D eigenvalue weighted by Crippen LogP contribution is 2.15. The predicted octanol–water partition coefficient (Wildman–Crippen LogP) is 0.949. The number of pyridine rings is 1. The van der Waals surface area contributed by atoms with Crippen LogP contribution in [0.1, 0.15) is 25.1 Å². The first kappa shape index (κ1) is 10.8. The highest BCUT2D eigenvalue weighted by atomic mass is 16.3. The van der Waals surface area contributed by atoms with Gasteiger partial charge in [-0.2, -0.15) is 0 Å². The van der Waals surface area contributed by atoms with Crippen molar-refractivity contribution in [2.75, 3.05) is 0 Å². The number of rotatable bonds is 3. The zero-order chi connectivity index (χ0) is 11.6.